The largest absolute Gasteiger partial charge is 0.298 e. The maximum Gasteiger partial charge on any atom is 0.152 e. The molecular formula is C7H6BrFO. The van der Waals surface area contributed by atoms with Crippen molar-refractivity contribution in [3.05, 3.63) is 23.6 Å². The predicted octanol–water partition coefficient (Wildman–Crippen LogP) is 2.13. The summed E-state index contributed by atoms with van der Waals surface area (Å²) in [5, 5.41) is 0. The molecule has 54 valence electrons. The van der Waals surface area contributed by atoms with Gasteiger partial charge in [-0.3, -0.25) is 4.79 Å². The van der Waals surface area contributed by atoms with E-state index in [1.807, 2.05) is 0 Å². The van der Waals surface area contributed by atoms with Crippen LogP contribution in [0.25, 0.3) is 0 Å². The van der Waals surface area contributed by atoms with Crippen LogP contribution in [0.5, 0.6) is 0 Å². The van der Waals surface area contributed by atoms with Crippen molar-refractivity contribution in [1.82, 2.24) is 0 Å². The standard InChI is InChI=1S/C7H6BrFO/c8-6-2-1-5(4-10)7(9)3-6/h1,3-4,6H,2H2. The van der Waals surface area contributed by atoms with Crippen LogP contribution in [0.1, 0.15) is 6.42 Å². The normalized spacial score (nSPS) is 25.2. The highest BCUT2D eigenvalue weighted by Crippen LogP contribution is 2.22. The molecule has 0 saturated carbocycles. The molecule has 0 N–H and O–H groups in total. The van der Waals surface area contributed by atoms with E-state index in [0.29, 0.717) is 12.7 Å². The van der Waals surface area contributed by atoms with E-state index in [1.54, 1.807) is 6.08 Å². The van der Waals surface area contributed by atoms with Crippen molar-refractivity contribution in [3.8, 4) is 0 Å². The Morgan fingerprint density at radius 1 is 1.80 bits per heavy atom. The number of aldehydes is 1. The molecular weight excluding hydrogens is 199 g/mol. The van der Waals surface area contributed by atoms with Crippen LogP contribution in [0, 0.1) is 0 Å². The van der Waals surface area contributed by atoms with Gasteiger partial charge < -0.3 is 0 Å². The van der Waals surface area contributed by atoms with Gasteiger partial charge in [-0.15, -0.1) is 0 Å². The Labute approximate surface area is 66.7 Å². The quantitative estimate of drug-likeness (QED) is 0.473. The van der Waals surface area contributed by atoms with Crippen LogP contribution in [0.15, 0.2) is 23.6 Å². The van der Waals surface area contributed by atoms with Crippen LogP contribution in [-0.4, -0.2) is 11.1 Å². The van der Waals surface area contributed by atoms with Crippen LogP contribution in [0.4, 0.5) is 4.39 Å². The Morgan fingerprint density at radius 3 is 3.00 bits per heavy atom. The summed E-state index contributed by atoms with van der Waals surface area (Å²) < 4.78 is 12.6. The van der Waals surface area contributed by atoms with Gasteiger partial charge in [-0.25, -0.2) is 4.39 Å². The van der Waals surface area contributed by atoms with Gasteiger partial charge in [0, 0.05) is 10.4 Å². The highest BCUT2D eigenvalue weighted by atomic mass is 79.9. The van der Waals surface area contributed by atoms with E-state index < -0.39 is 5.83 Å². The molecule has 0 spiro atoms. The molecule has 1 unspecified atom stereocenters. The monoisotopic (exact) mass is 204 g/mol. The van der Waals surface area contributed by atoms with Crippen LogP contribution in [-0.2, 0) is 4.79 Å². The number of hydrogen-bond donors (Lipinski definition) is 0. The summed E-state index contributed by atoms with van der Waals surface area (Å²) in [6.45, 7) is 0. The first kappa shape index (κ1) is 7.66. The molecule has 0 radical (unpaired) electrons. The number of carbonyl (C=O) groups excluding carboxylic acids is 1. The lowest BCUT2D eigenvalue weighted by atomic mass is 10.1. The number of allylic oxidation sites excluding steroid dienone is 4. The van der Waals surface area contributed by atoms with Gasteiger partial charge in [-0.2, -0.15) is 0 Å². The Bertz CT molecular complexity index is 208. The Kier molecular flexibility index (Phi) is 2.38. The zero-order chi connectivity index (χ0) is 7.56. The van der Waals surface area contributed by atoms with Crippen molar-refractivity contribution >= 4 is 22.2 Å². The minimum atomic E-state index is -0.428. The van der Waals surface area contributed by atoms with E-state index in [1.165, 1.54) is 6.08 Å². The molecule has 0 amide bonds. The molecule has 0 aromatic carbocycles. The number of halogens is 2. The Balaban J connectivity index is 2.81. The summed E-state index contributed by atoms with van der Waals surface area (Å²) in [7, 11) is 0. The zero-order valence-electron chi connectivity index (χ0n) is 5.18. The van der Waals surface area contributed by atoms with E-state index in [-0.39, 0.29) is 10.4 Å². The highest BCUT2D eigenvalue weighted by Gasteiger charge is 2.11. The first-order valence-corrected chi connectivity index (χ1v) is 3.82. The highest BCUT2D eigenvalue weighted by molar-refractivity contribution is 9.09. The van der Waals surface area contributed by atoms with Crippen molar-refractivity contribution in [3.63, 3.8) is 0 Å². The molecule has 1 nitrogen and oxygen atoms in total. The molecule has 0 bridgehead atoms. The van der Waals surface area contributed by atoms with E-state index >= 15 is 0 Å². The lowest BCUT2D eigenvalue weighted by Gasteiger charge is -2.07. The van der Waals surface area contributed by atoms with E-state index in [0.717, 1.165) is 0 Å². The van der Waals surface area contributed by atoms with Crippen molar-refractivity contribution in [2.45, 2.75) is 11.2 Å². The van der Waals surface area contributed by atoms with Gasteiger partial charge >= 0.3 is 0 Å². The summed E-state index contributed by atoms with van der Waals surface area (Å²) >= 11 is 3.21. The Morgan fingerprint density at radius 2 is 2.50 bits per heavy atom. The maximum absolute atomic E-state index is 12.6. The summed E-state index contributed by atoms with van der Waals surface area (Å²) in [5.74, 6) is -0.428. The molecule has 0 aliphatic heterocycles. The third-order valence-electron chi connectivity index (χ3n) is 1.29. The fraction of sp³-hybridized carbons (Fsp3) is 0.286. The van der Waals surface area contributed by atoms with Gasteiger partial charge in [0.05, 0.1) is 0 Å². The van der Waals surface area contributed by atoms with E-state index in [9.17, 15) is 9.18 Å². The van der Waals surface area contributed by atoms with Crippen LogP contribution in [0.2, 0.25) is 0 Å². The number of alkyl halides is 1. The third-order valence-corrected chi connectivity index (χ3v) is 1.93. The van der Waals surface area contributed by atoms with Crippen molar-refractivity contribution in [1.29, 1.82) is 0 Å². The summed E-state index contributed by atoms with van der Waals surface area (Å²) in [4.78, 5) is 10.2. The second-order valence-electron chi connectivity index (χ2n) is 2.04. The molecule has 1 aliphatic rings. The van der Waals surface area contributed by atoms with Gasteiger partial charge in [0.15, 0.2) is 6.29 Å². The Hall–Kier alpha value is -0.440. The van der Waals surface area contributed by atoms with E-state index in [2.05, 4.69) is 15.9 Å². The second-order valence-corrected chi connectivity index (χ2v) is 3.22. The third kappa shape index (κ3) is 1.53. The average molecular weight is 205 g/mol. The lowest BCUT2D eigenvalue weighted by molar-refractivity contribution is -0.104. The summed E-state index contributed by atoms with van der Waals surface area (Å²) in [6.07, 6.45) is 4.19. The topological polar surface area (TPSA) is 17.1 Å². The van der Waals surface area contributed by atoms with Gasteiger partial charge in [0.2, 0.25) is 0 Å². The van der Waals surface area contributed by atoms with Gasteiger partial charge in [0.1, 0.15) is 5.83 Å². The van der Waals surface area contributed by atoms with E-state index in [4.69, 9.17) is 0 Å². The number of rotatable bonds is 1. The molecule has 0 fully saturated rings. The molecule has 1 atom stereocenters. The second kappa shape index (κ2) is 3.10. The summed E-state index contributed by atoms with van der Waals surface area (Å²) in [6, 6.07) is 0. The molecule has 0 saturated heterocycles. The number of carbonyl (C=O) groups is 1. The van der Waals surface area contributed by atoms with Gasteiger partial charge in [-0.05, 0) is 12.5 Å². The van der Waals surface area contributed by atoms with Crippen molar-refractivity contribution in [2.24, 2.45) is 0 Å². The number of hydrogen-bond acceptors (Lipinski definition) is 1. The van der Waals surface area contributed by atoms with Crippen molar-refractivity contribution in [2.75, 3.05) is 0 Å². The molecule has 3 heteroatoms. The average Bonchev–Trinajstić information content (AvgIpc) is 1.88. The zero-order valence-corrected chi connectivity index (χ0v) is 6.77. The smallest absolute Gasteiger partial charge is 0.152 e. The molecule has 1 aliphatic carbocycles. The van der Waals surface area contributed by atoms with Crippen LogP contribution in [0.3, 0.4) is 0 Å². The minimum Gasteiger partial charge on any atom is -0.298 e. The fourth-order valence-electron chi connectivity index (χ4n) is 0.765. The van der Waals surface area contributed by atoms with Gasteiger partial charge in [0.25, 0.3) is 0 Å². The molecule has 0 heterocycles. The van der Waals surface area contributed by atoms with Gasteiger partial charge in [-0.1, -0.05) is 22.0 Å². The van der Waals surface area contributed by atoms with Crippen molar-refractivity contribution < 1.29 is 9.18 Å². The maximum atomic E-state index is 12.6. The lowest BCUT2D eigenvalue weighted by Crippen LogP contribution is -2.00. The molecule has 1 rings (SSSR count). The first-order valence-electron chi connectivity index (χ1n) is 2.91. The summed E-state index contributed by atoms with van der Waals surface area (Å²) in [5.41, 5.74) is 0.163. The predicted molar refractivity (Wildman–Crippen MR) is 40.7 cm³/mol. The molecule has 10 heavy (non-hydrogen) atoms. The SMILES string of the molecule is O=CC1=CCC(Br)C=C1F. The molecule has 0 aromatic rings. The first-order chi connectivity index (χ1) is 4.74. The minimum absolute atomic E-state index is 0.0381. The fourth-order valence-corrected chi connectivity index (χ4v) is 1.18. The van der Waals surface area contributed by atoms with Crippen LogP contribution >= 0.6 is 15.9 Å². The molecule has 0 aromatic heterocycles. The van der Waals surface area contributed by atoms with Crippen LogP contribution < -0.4 is 0 Å².